The van der Waals surface area contributed by atoms with Gasteiger partial charge in [0, 0.05) is 6.20 Å². The van der Waals surface area contributed by atoms with Gasteiger partial charge in [0.1, 0.15) is 0 Å². The molecule has 0 bridgehead atoms. The monoisotopic (exact) mass is 227 g/mol. The molecule has 0 radical (unpaired) electrons. The molecule has 1 aromatic heterocycles. The van der Waals surface area contributed by atoms with Crippen molar-refractivity contribution in [3.8, 4) is 0 Å². The van der Waals surface area contributed by atoms with Gasteiger partial charge in [-0.2, -0.15) is 0 Å². The maximum Gasteiger partial charge on any atom is 0.243 e. The first-order chi connectivity index (χ1) is 5.08. The zero-order chi connectivity index (χ0) is 8.32. The first-order valence-corrected chi connectivity index (χ1v) is 4.70. The lowest BCUT2D eigenvalue weighted by Gasteiger charge is -2.07. The molecule has 0 aliphatic carbocycles. The first-order valence-electron chi connectivity index (χ1n) is 2.75. The van der Waals surface area contributed by atoms with Crippen LogP contribution in [0.2, 0.25) is 0 Å². The summed E-state index contributed by atoms with van der Waals surface area (Å²) in [6.45, 7) is 0. The Labute approximate surface area is 84.0 Å². The fraction of sp³-hybridized carbons (Fsp3) is 0.167. The van der Waals surface area contributed by atoms with Crippen LogP contribution in [-0.2, 0) is 0 Å². The molecule has 1 nitrogen and oxygen atoms in total. The molecule has 5 heteroatoms. The second-order valence-electron chi connectivity index (χ2n) is 1.72. The van der Waals surface area contributed by atoms with Gasteiger partial charge in [-0.05, 0) is 12.1 Å². The molecule has 1 aromatic rings. The third-order valence-electron chi connectivity index (χ3n) is 0.858. The Morgan fingerprint density at radius 2 is 2.00 bits per heavy atom. The van der Waals surface area contributed by atoms with E-state index in [0.717, 1.165) is 11.8 Å². The first kappa shape index (κ1) is 9.46. The zero-order valence-electron chi connectivity index (χ0n) is 5.30. The van der Waals surface area contributed by atoms with Gasteiger partial charge in [-0.1, -0.05) is 52.6 Å². The number of halogens is 3. The van der Waals surface area contributed by atoms with E-state index in [0.29, 0.717) is 5.03 Å². The van der Waals surface area contributed by atoms with E-state index in [4.69, 9.17) is 34.8 Å². The van der Waals surface area contributed by atoms with Crippen LogP contribution in [-0.4, -0.2) is 8.11 Å². The predicted octanol–water partition coefficient (Wildman–Crippen LogP) is 3.50. The summed E-state index contributed by atoms with van der Waals surface area (Å²) in [6.07, 6.45) is 1.65. The Morgan fingerprint density at radius 1 is 1.27 bits per heavy atom. The Balaban J connectivity index is 2.66. The van der Waals surface area contributed by atoms with Gasteiger partial charge in [0.05, 0.1) is 5.03 Å². The van der Waals surface area contributed by atoms with Gasteiger partial charge < -0.3 is 0 Å². The number of pyridine rings is 1. The van der Waals surface area contributed by atoms with Crippen molar-refractivity contribution < 1.29 is 0 Å². The highest BCUT2D eigenvalue weighted by molar-refractivity contribution is 8.04. The third kappa shape index (κ3) is 4.06. The Bertz CT molecular complexity index is 221. The van der Waals surface area contributed by atoms with Crippen molar-refractivity contribution in [2.24, 2.45) is 0 Å². The van der Waals surface area contributed by atoms with E-state index < -0.39 is 3.12 Å². The SMILES string of the molecule is ClC(Cl)(Cl)Sc1ccccn1. The lowest BCUT2D eigenvalue weighted by Crippen LogP contribution is -1.93. The maximum absolute atomic E-state index is 5.52. The van der Waals surface area contributed by atoms with Gasteiger partial charge in [-0.25, -0.2) is 4.98 Å². The van der Waals surface area contributed by atoms with E-state index in [2.05, 4.69) is 4.98 Å². The topological polar surface area (TPSA) is 12.9 Å². The van der Waals surface area contributed by atoms with E-state index >= 15 is 0 Å². The average molecular weight is 229 g/mol. The zero-order valence-corrected chi connectivity index (χ0v) is 8.38. The van der Waals surface area contributed by atoms with E-state index in [1.807, 2.05) is 12.1 Å². The minimum absolute atomic E-state index is 0.701. The number of hydrogen-bond donors (Lipinski definition) is 0. The fourth-order valence-corrected chi connectivity index (χ4v) is 1.73. The van der Waals surface area contributed by atoms with Gasteiger partial charge in [-0.15, -0.1) is 0 Å². The molecule has 0 amide bonds. The minimum Gasteiger partial charge on any atom is -0.250 e. The summed E-state index contributed by atoms with van der Waals surface area (Å²) in [7, 11) is 0. The molecular weight excluding hydrogens is 224 g/mol. The van der Waals surface area contributed by atoms with Crippen molar-refractivity contribution in [3.05, 3.63) is 24.4 Å². The van der Waals surface area contributed by atoms with Crippen LogP contribution in [0.15, 0.2) is 29.4 Å². The fourth-order valence-electron chi connectivity index (χ4n) is 0.526. The third-order valence-corrected chi connectivity index (χ3v) is 2.23. The van der Waals surface area contributed by atoms with E-state index in [-0.39, 0.29) is 0 Å². The average Bonchev–Trinajstić information content (AvgIpc) is 1.85. The Kier molecular flexibility index (Phi) is 3.31. The molecule has 0 fully saturated rings. The number of rotatable bonds is 1. The molecule has 1 rings (SSSR count). The largest absolute Gasteiger partial charge is 0.250 e. The van der Waals surface area contributed by atoms with E-state index in [9.17, 15) is 0 Å². The Hall–Kier alpha value is 0.370. The highest BCUT2D eigenvalue weighted by atomic mass is 35.6. The maximum atomic E-state index is 5.52. The molecule has 0 saturated carbocycles. The highest BCUT2D eigenvalue weighted by Crippen LogP contribution is 2.42. The summed E-state index contributed by atoms with van der Waals surface area (Å²) in [5.74, 6) is 0. The van der Waals surface area contributed by atoms with Crippen LogP contribution in [0.4, 0.5) is 0 Å². The highest BCUT2D eigenvalue weighted by Gasteiger charge is 2.21. The molecule has 0 saturated heterocycles. The number of aromatic nitrogens is 1. The molecule has 0 aliphatic rings. The van der Waals surface area contributed by atoms with Crippen molar-refractivity contribution in [1.29, 1.82) is 0 Å². The van der Waals surface area contributed by atoms with Crippen molar-refractivity contribution in [3.63, 3.8) is 0 Å². The molecule has 0 aliphatic heterocycles. The summed E-state index contributed by atoms with van der Waals surface area (Å²) >= 11 is 17.7. The number of nitrogens with zero attached hydrogens (tertiary/aromatic N) is 1. The van der Waals surface area contributed by atoms with Crippen molar-refractivity contribution in [2.45, 2.75) is 8.15 Å². The normalized spacial score (nSPS) is 11.5. The lowest BCUT2D eigenvalue weighted by atomic mass is 10.5. The van der Waals surface area contributed by atoms with Gasteiger partial charge in [-0.3, -0.25) is 0 Å². The standard InChI is InChI=1S/C6H4Cl3NS/c7-6(8,9)11-5-3-1-2-4-10-5/h1-4H. The van der Waals surface area contributed by atoms with Crippen LogP contribution in [0, 0.1) is 0 Å². The number of thioether (sulfide) groups is 1. The molecule has 0 atom stereocenters. The van der Waals surface area contributed by atoms with Crippen LogP contribution < -0.4 is 0 Å². The van der Waals surface area contributed by atoms with Crippen LogP contribution in [0.5, 0.6) is 0 Å². The molecule has 1 heterocycles. The second kappa shape index (κ2) is 3.85. The molecule has 0 unspecified atom stereocenters. The van der Waals surface area contributed by atoms with Crippen molar-refractivity contribution in [1.82, 2.24) is 4.98 Å². The number of hydrogen-bond acceptors (Lipinski definition) is 2. The Morgan fingerprint density at radius 3 is 2.45 bits per heavy atom. The van der Waals surface area contributed by atoms with Crippen molar-refractivity contribution >= 4 is 46.6 Å². The van der Waals surface area contributed by atoms with Crippen molar-refractivity contribution in [2.75, 3.05) is 0 Å². The van der Waals surface area contributed by atoms with E-state index in [1.165, 1.54) is 0 Å². The smallest absolute Gasteiger partial charge is 0.243 e. The summed E-state index contributed by atoms with van der Waals surface area (Å²) in [5, 5.41) is 0.701. The molecule has 0 N–H and O–H groups in total. The molecule has 0 aromatic carbocycles. The number of alkyl halides is 3. The van der Waals surface area contributed by atoms with Crippen LogP contribution in [0.25, 0.3) is 0 Å². The van der Waals surface area contributed by atoms with Crippen LogP contribution >= 0.6 is 46.6 Å². The summed E-state index contributed by atoms with van der Waals surface area (Å²) in [5.41, 5.74) is 0. The second-order valence-corrected chi connectivity index (χ2v) is 5.90. The molecule has 60 valence electrons. The molecular formula is C6H4Cl3NS. The van der Waals surface area contributed by atoms with Crippen LogP contribution in [0.1, 0.15) is 0 Å². The quantitative estimate of drug-likeness (QED) is 0.539. The summed E-state index contributed by atoms with van der Waals surface area (Å²) in [4.78, 5) is 3.97. The predicted molar refractivity (Wildman–Crippen MR) is 50.4 cm³/mol. The summed E-state index contributed by atoms with van der Waals surface area (Å²) < 4.78 is -1.33. The van der Waals surface area contributed by atoms with Gasteiger partial charge in [0.15, 0.2) is 0 Å². The minimum atomic E-state index is -1.33. The van der Waals surface area contributed by atoms with Gasteiger partial charge >= 0.3 is 0 Å². The summed E-state index contributed by atoms with van der Waals surface area (Å²) in [6, 6.07) is 5.43. The van der Waals surface area contributed by atoms with Crippen LogP contribution in [0.3, 0.4) is 0 Å². The van der Waals surface area contributed by atoms with Gasteiger partial charge in [0.25, 0.3) is 0 Å². The van der Waals surface area contributed by atoms with E-state index in [1.54, 1.807) is 12.3 Å². The lowest BCUT2D eigenvalue weighted by molar-refractivity contribution is 1.13. The molecule has 11 heavy (non-hydrogen) atoms. The molecule has 0 spiro atoms. The van der Waals surface area contributed by atoms with Gasteiger partial charge in [0.2, 0.25) is 3.12 Å².